The highest BCUT2D eigenvalue weighted by Gasteiger charge is 2.46. The van der Waals surface area contributed by atoms with E-state index in [1.807, 2.05) is 29.2 Å². The number of benzene rings is 2. The van der Waals surface area contributed by atoms with E-state index in [1.165, 1.54) is 12.1 Å². The molecule has 2 aromatic rings. The Kier molecular flexibility index (Phi) is 4.26. The van der Waals surface area contributed by atoms with Crippen LogP contribution in [0, 0.1) is 0 Å². The number of hydrogen-bond donors (Lipinski definition) is 2. The first kappa shape index (κ1) is 18.6. The molecule has 2 aliphatic heterocycles. The third-order valence-corrected chi connectivity index (χ3v) is 5.56. The molecule has 4 rings (SSSR count). The average Bonchev–Trinajstić information content (AvgIpc) is 2.66. The van der Waals surface area contributed by atoms with Crippen molar-refractivity contribution in [2.75, 3.05) is 22.9 Å². The number of para-hydroxylation sites is 2. The summed E-state index contributed by atoms with van der Waals surface area (Å²) in [6.45, 7) is 0.767. The molecule has 2 aliphatic rings. The van der Waals surface area contributed by atoms with Gasteiger partial charge in [-0.25, -0.2) is 4.79 Å². The molecule has 2 aromatic carbocycles. The Labute approximate surface area is 159 Å². The van der Waals surface area contributed by atoms with Crippen LogP contribution in [0.4, 0.5) is 30.2 Å². The Morgan fingerprint density at radius 1 is 1.07 bits per heavy atom. The van der Waals surface area contributed by atoms with Gasteiger partial charge < -0.3 is 20.0 Å². The molecule has 0 spiro atoms. The number of carboxylic acid groups (broad SMARTS) is 1. The molecule has 5 nitrogen and oxygen atoms in total. The van der Waals surface area contributed by atoms with E-state index >= 15 is 0 Å². The van der Waals surface area contributed by atoms with Crippen LogP contribution in [-0.4, -0.2) is 40.9 Å². The van der Waals surface area contributed by atoms with Crippen LogP contribution in [-0.2, 0) is 11.0 Å². The molecule has 0 saturated carbocycles. The van der Waals surface area contributed by atoms with Gasteiger partial charge in [0.15, 0.2) is 5.60 Å². The minimum atomic E-state index is -4.41. The second-order valence-electron chi connectivity index (χ2n) is 7.28. The van der Waals surface area contributed by atoms with E-state index in [-0.39, 0.29) is 18.9 Å². The van der Waals surface area contributed by atoms with Crippen molar-refractivity contribution in [3.63, 3.8) is 0 Å². The summed E-state index contributed by atoms with van der Waals surface area (Å²) in [6, 6.07) is 12.2. The molecule has 0 aliphatic carbocycles. The van der Waals surface area contributed by atoms with E-state index in [2.05, 4.69) is 4.90 Å². The fraction of sp³-hybridized carbons (Fsp3) is 0.350. The van der Waals surface area contributed by atoms with Gasteiger partial charge >= 0.3 is 12.1 Å². The van der Waals surface area contributed by atoms with Crippen molar-refractivity contribution < 1.29 is 28.2 Å². The molecular formula is C20H19F3N2O3. The van der Waals surface area contributed by atoms with Crippen LogP contribution in [0.2, 0.25) is 0 Å². The largest absolute Gasteiger partial charge is 0.479 e. The predicted molar refractivity (Wildman–Crippen MR) is 97.8 cm³/mol. The smallest absolute Gasteiger partial charge is 0.416 e. The van der Waals surface area contributed by atoms with Crippen LogP contribution in [0.5, 0.6) is 0 Å². The maximum Gasteiger partial charge on any atom is 0.416 e. The van der Waals surface area contributed by atoms with Crippen LogP contribution < -0.4 is 9.80 Å². The summed E-state index contributed by atoms with van der Waals surface area (Å²) in [7, 11) is 0. The number of hydrogen-bond acceptors (Lipinski definition) is 4. The van der Waals surface area contributed by atoms with Gasteiger partial charge in [-0.3, -0.25) is 0 Å². The summed E-state index contributed by atoms with van der Waals surface area (Å²) in [5, 5.41) is 19.8. The topological polar surface area (TPSA) is 64.0 Å². The Morgan fingerprint density at radius 2 is 1.71 bits per heavy atom. The van der Waals surface area contributed by atoms with Crippen molar-refractivity contribution >= 4 is 23.0 Å². The predicted octanol–water partition coefficient (Wildman–Crippen LogP) is 3.64. The van der Waals surface area contributed by atoms with Gasteiger partial charge in [-0.05, 0) is 36.4 Å². The number of nitrogens with zero attached hydrogens (tertiary/aromatic N) is 2. The van der Waals surface area contributed by atoms with Crippen LogP contribution in [0.1, 0.15) is 18.4 Å². The molecule has 0 amide bonds. The number of rotatable bonds is 2. The standard InChI is InChI=1S/C20H19F3N2O3/c21-20(22,23)13-5-7-14(8-6-13)25-12-15-11-19(28,18(26)27)9-10-24(15)16-3-1-2-4-17(16)25/h1-8,15,28H,9-12H2,(H,26,27). The van der Waals surface area contributed by atoms with Crippen LogP contribution in [0.3, 0.4) is 0 Å². The minimum Gasteiger partial charge on any atom is -0.479 e. The highest BCUT2D eigenvalue weighted by molar-refractivity contribution is 5.82. The number of aliphatic carboxylic acids is 1. The number of carbonyl (C=O) groups is 1. The van der Waals surface area contributed by atoms with Crippen molar-refractivity contribution in [3.05, 3.63) is 54.1 Å². The van der Waals surface area contributed by atoms with Gasteiger partial charge in [-0.15, -0.1) is 0 Å². The summed E-state index contributed by atoms with van der Waals surface area (Å²) in [6.07, 6.45) is -4.24. The number of fused-ring (bicyclic) bond motifs is 3. The number of halogens is 3. The third-order valence-electron chi connectivity index (χ3n) is 5.56. The van der Waals surface area contributed by atoms with E-state index in [9.17, 15) is 28.2 Å². The number of alkyl halides is 3. The molecule has 0 radical (unpaired) electrons. The van der Waals surface area contributed by atoms with Crippen LogP contribution in [0.15, 0.2) is 48.5 Å². The zero-order valence-corrected chi connectivity index (χ0v) is 14.9. The lowest BCUT2D eigenvalue weighted by molar-refractivity contribution is -0.161. The SMILES string of the molecule is O=C(O)C1(O)CCN2c3ccccc3N(c3ccc(C(F)(F)F)cc3)CC2C1. The molecule has 0 aromatic heterocycles. The summed E-state index contributed by atoms with van der Waals surface area (Å²) in [5.41, 5.74) is -0.199. The molecule has 2 heterocycles. The maximum absolute atomic E-state index is 12.9. The summed E-state index contributed by atoms with van der Waals surface area (Å²) >= 11 is 0. The van der Waals surface area contributed by atoms with Gasteiger partial charge in [-0.2, -0.15) is 13.2 Å². The number of anilines is 3. The van der Waals surface area contributed by atoms with Gasteiger partial charge in [0.1, 0.15) is 0 Å². The molecule has 2 N–H and O–H groups in total. The minimum absolute atomic E-state index is 0.0494. The molecular weight excluding hydrogens is 373 g/mol. The molecule has 1 saturated heterocycles. The summed E-state index contributed by atoms with van der Waals surface area (Å²) < 4.78 is 38.6. The lowest BCUT2D eigenvalue weighted by Gasteiger charge is -2.50. The lowest BCUT2D eigenvalue weighted by Crippen LogP contribution is -2.59. The van der Waals surface area contributed by atoms with E-state index < -0.39 is 23.3 Å². The number of carboxylic acids is 1. The normalized spacial score (nSPS) is 24.5. The van der Waals surface area contributed by atoms with E-state index in [0.29, 0.717) is 18.8 Å². The highest BCUT2D eigenvalue weighted by atomic mass is 19.4. The van der Waals surface area contributed by atoms with Crippen molar-refractivity contribution in [2.24, 2.45) is 0 Å². The second-order valence-corrected chi connectivity index (χ2v) is 7.28. The summed E-state index contributed by atoms with van der Waals surface area (Å²) in [4.78, 5) is 15.4. The molecule has 28 heavy (non-hydrogen) atoms. The molecule has 1 fully saturated rings. The molecule has 8 heteroatoms. The van der Waals surface area contributed by atoms with E-state index in [1.54, 1.807) is 0 Å². The third kappa shape index (κ3) is 3.07. The number of piperidine rings is 1. The van der Waals surface area contributed by atoms with Crippen molar-refractivity contribution in [2.45, 2.75) is 30.7 Å². The first-order chi connectivity index (χ1) is 13.2. The average molecular weight is 392 g/mol. The molecule has 148 valence electrons. The lowest BCUT2D eigenvalue weighted by atomic mass is 9.84. The second kappa shape index (κ2) is 6.41. The van der Waals surface area contributed by atoms with Gasteiger partial charge in [0.05, 0.1) is 23.0 Å². The van der Waals surface area contributed by atoms with Gasteiger partial charge in [-0.1, -0.05) is 12.1 Å². The Hall–Kier alpha value is -2.74. The van der Waals surface area contributed by atoms with E-state index in [0.717, 1.165) is 23.5 Å². The van der Waals surface area contributed by atoms with Crippen LogP contribution in [0.25, 0.3) is 0 Å². The quantitative estimate of drug-likeness (QED) is 0.817. The Balaban J connectivity index is 1.71. The first-order valence-corrected chi connectivity index (χ1v) is 8.95. The zero-order valence-electron chi connectivity index (χ0n) is 14.9. The van der Waals surface area contributed by atoms with Gasteiger partial charge in [0.25, 0.3) is 0 Å². The molecule has 0 bridgehead atoms. The fourth-order valence-electron chi connectivity index (χ4n) is 4.08. The van der Waals surface area contributed by atoms with Crippen molar-refractivity contribution in [1.82, 2.24) is 0 Å². The van der Waals surface area contributed by atoms with Crippen molar-refractivity contribution in [1.29, 1.82) is 0 Å². The molecule has 2 atom stereocenters. The summed E-state index contributed by atoms with van der Waals surface area (Å²) in [5.74, 6) is -1.24. The zero-order chi connectivity index (χ0) is 20.1. The monoisotopic (exact) mass is 392 g/mol. The number of aliphatic hydroxyl groups is 1. The Bertz CT molecular complexity index is 900. The Morgan fingerprint density at radius 3 is 2.32 bits per heavy atom. The van der Waals surface area contributed by atoms with Gasteiger partial charge in [0, 0.05) is 31.6 Å². The van der Waals surface area contributed by atoms with Crippen LogP contribution >= 0.6 is 0 Å². The first-order valence-electron chi connectivity index (χ1n) is 8.95. The van der Waals surface area contributed by atoms with Crippen molar-refractivity contribution in [3.8, 4) is 0 Å². The van der Waals surface area contributed by atoms with E-state index in [4.69, 9.17) is 0 Å². The maximum atomic E-state index is 12.9. The fourth-order valence-corrected chi connectivity index (χ4v) is 4.08. The highest BCUT2D eigenvalue weighted by Crippen LogP contribution is 2.44. The van der Waals surface area contributed by atoms with Gasteiger partial charge in [0.2, 0.25) is 0 Å². The molecule has 2 unspecified atom stereocenters.